The first-order chi connectivity index (χ1) is 8.66. The maximum Gasteiger partial charge on any atom is 0.337 e. The summed E-state index contributed by atoms with van der Waals surface area (Å²) in [6, 6.07) is 5.28. The van der Waals surface area contributed by atoms with Gasteiger partial charge in [-0.3, -0.25) is 0 Å². The number of carboxylic acids is 1. The highest BCUT2D eigenvalue weighted by molar-refractivity contribution is 5.95. The molecule has 0 saturated carbocycles. The van der Waals surface area contributed by atoms with Crippen LogP contribution in [0.2, 0.25) is 0 Å². The van der Waals surface area contributed by atoms with E-state index < -0.39 is 5.97 Å². The number of carbonyl (C=O) groups is 1. The fourth-order valence-electron chi connectivity index (χ4n) is 1.71. The van der Waals surface area contributed by atoms with Gasteiger partial charge >= 0.3 is 5.97 Å². The van der Waals surface area contributed by atoms with Gasteiger partial charge < -0.3 is 15.2 Å². The van der Waals surface area contributed by atoms with Gasteiger partial charge in [-0.2, -0.15) is 0 Å². The molecule has 18 heavy (non-hydrogen) atoms. The lowest BCUT2D eigenvalue weighted by Crippen LogP contribution is -2.11. The zero-order valence-corrected chi connectivity index (χ0v) is 11.0. The maximum atomic E-state index is 11.1. The molecule has 0 bridgehead atoms. The van der Waals surface area contributed by atoms with Crippen molar-refractivity contribution in [1.82, 2.24) is 0 Å². The second-order valence-electron chi connectivity index (χ2n) is 4.20. The van der Waals surface area contributed by atoms with Crippen molar-refractivity contribution < 1.29 is 14.6 Å². The smallest absolute Gasteiger partial charge is 0.337 e. The van der Waals surface area contributed by atoms with Crippen LogP contribution in [-0.2, 0) is 4.74 Å². The van der Waals surface area contributed by atoms with E-state index in [2.05, 4.69) is 12.2 Å². The highest BCUT2D eigenvalue weighted by Crippen LogP contribution is 2.20. The quantitative estimate of drug-likeness (QED) is 0.697. The lowest BCUT2D eigenvalue weighted by Gasteiger charge is -2.12. The minimum atomic E-state index is -0.900. The summed E-state index contributed by atoms with van der Waals surface area (Å²) in [5.74, 6) is -0.900. The monoisotopic (exact) mass is 251 g/mol. The van der Waals surface area contributed by atoms with E-state index in [9.17, 15) is 4.79 Å². The average Bonchev–Trinajstić information content (AvgIpc) is 2.34. The largest absolute Gasteiger partial charge is 0.478 e. The molecule has 4 nitrogen and oxygen atoms in total. The Morgan fingerprint density at radius 3 is 2.83 bits per heavy atom. The Bertz CT molecular complexity index is 391. The third-order valence-electron chi connectivity index (χ3n) is 2.62. The van der Waals surface area contributed by atoms with Crippen LogP contribution in [0, 0.1) is 6.92 Å². The van der Waals surface area contributed by atoms with Crippen molar-refractivity contribution >= 4 is 11.7 Å². The predicted octanol–water partition coefficient (Wildman–Crippen LogP) is 2.92. The van der Waals surface area contributed by atoms with Gasteiger partial charge in [0, 0.05) is 19.8 Å². The summed E-state index contributed by atoms with van der Waals surface area (Å²) in [6.45, 7) is 6.18. The highest BCUT2D eigenvalue weighted by Gasteiger charge is 2.10. The summed E-state index contributed by atoms with van der Waals surface area (Å²) in [4.78, 5) is 11.1. The van der Waals surface area contributed by atoms with Gasteiger partial charge in [0.05, 0.1) is 11.3 Å². The summed E-state index contributed by atoms with van der Waals surface area (Å²) >= 11 is 0. The van der Waals surface area contributed by atoms with Crippen LogP contribution in [0.25, 0.3) is 0 Å². The molecule has 1 aromatic rings. The second-order valence-corrected chi connectivity index (χ2v) is 4.20. The molecule has 0 spiro atoms. The van der Waals surface area contributed by atoms with E-state index in [0.717, 1.165) is 31.6 Å². The number of para-hydroxylation sites is 1. The molecular weight excluding hydrogens is 230 g/mol. The van der Waals surface area contributed by atoms with Crippen LogP contribution in [0.4, 0.5) is 5.69 Å². The van der Waals surface area contributed by atoms with Crippen molar-refractivity contribution in [2.24, 2.45) is 0 Å². The molecule has 0 saturated heterocycles. The average molecular weight is 251 g/mol. The molecule has 1 rings (SSSR count). The SMILES string of the molecule is CCCOCCCNc1c(C)cccc1C(=O)O. The Balaban J connectivity index is 2.48. The number of hydrogen-bond acceptors (Lipinski definition) is 3. The fourth-order valence-corrected chi connectivity index (χ4v) is 1.71. The van der Waals surface area contributed by atoms with E-state index in [1.165, 1.54) is 0 Å². The first kappa shape index (κ1) is 14.5. The number of anilines is 1. The molecule has 0 heterocycles. The van der Waals surface area contributed by atoms with Gasteiger partial charge in [0.2, 0.25) is 0 Å². The summed E-state index contributed by atoms with van der Waals surface area (Å²) < 4.78 is 5.37. The second kappa shape index (κ2) is 7.71. The van der Waals surface area contributed by atoms with Crippen LogP contribution in [0.5, 0.6) is 0 Å². The molecule has 0 aliphatic rings. The fraction of sp³-hybridized carbons (Fsp3) is 0.500. The Morgan fingerprint density at radius 2 is 2.17 bits per heavy atom. The number of rotatable bonds is 8. The van der Waals surface area contributed by atoms with E-state index >= 15 is 0 Å². The summed E-state index contributed by atoms with van der Waals surface area (Å²) in [6.07, 6.45) is 1.89. The minimum absolute atomic E-state index is 0.324. The number of aryl methyl sites for hydroxylation is 1. The van der Waals surface area contributed by atoms with E-state index in [-0.39, 0.29) is 0 Å². The molecule has 100 valence electrons. The first-order valence-electron chi connectivity index (χ1n) is 6.31. The molecule has 1 aromatic carbocycles. The molecule has 0 radical (unpaired) electrons. The van der Waals surface area contributed by atoms with Gasteiger partial charge in [0.15, 0.2) is 0 Å². The number of ether oxygens (including phenoxy) is 1. The molecule has 0 atom stereocenters. The minimum Gasteiger partial charge on any atom is -0.478 e. The molecular formula is C14H21NO3. The van der Waals surface area contributed by atoms with Crippen molar-refractivity contribution in [2.75, 3.05) is 25.1 Å². The van der Waals surface area contributed by atoms with Gasteiger partial charge in [-0.05, 0) is 31.4 Å². The molecule has 0 unspecified atom stereocenters. The van der Waals surface area contributed by atoms with Gasteiger partial charge in [-0.25, -0.2) is 4.79 Å². The third kappa shape index (κ3) is 4.37. The van der Waals surface area contributed by atoms with Crippen molar-refractivity contribution in [1.29, 1.82) is 0 Å². The van der Waals surface area contributed by atoms with Gasteiger partial charge in [0.1, 0.15) is 0 Å². The van der Waals surface area contributed by atoms with E-state index in [0.29, 0.717) is 17.9 Å². The van der Waals surface area contributed by atoms with Crippen molar-refractivity contribution in [3.63, 3.8) is 0 Å². The van der Waals surface area contributed by atoms with Crippen LogP contribution >= 0.6 is 0 Å². The molecule has 2 N–H and O–H groups in total. The molecule has 0 fully saturated rings. The Hall–Kier alpha value is -1.55. The van der Waals surface area contributed by atoms with Crippen molar-refractivity contribution in [3.8, 4) is 0 Å². The number of aromatic carboxylic acids is 1. The van der Waals surface area contributed by atoms with Gasteiger partial charge in [-0.1, -0.05) is 19.1 Å². The van der Waals surface area contributed by atoms with Gasteiger partial charge in [-0.15, -0.1) is 0 Å². The summed E-state index contributed by atoms with van der Waals surface area (Å²) in [5.41, 5.74) is 1.98. The first-order valence-corrected chi connectivity index (χ1v) is 6.31. The van der Waals surface area contributed by atoms with Crippen LogP contribution in [-0.4, -0.2) is 30.8 Å². The van der Waals surface area contributed by atoms with Crippen LogP contribution in [0.15, 0.2) is 18.2 Å². The normalized spacial score (nSPS) is 10.3. The topological polar surface area (TPSA) is 58.6 Å². The van der Waals surface area contributed by atoms with Crippen LogP contribution in [0.3, 0.4) is 0 Å². The lowest BCUT2D eigenvalue weighted by molar-refractivity contribution is 0.0698. The summed E-state index contributed by atoms with van der Waals surface area (Å²) in [7, 11) is 0. The molecule has 4 heteroatoms. The molecule has 0 amide bonds. The summed E-state index contributed by atoms with van der Waals surface area (Å²) in [5, 5.41) is 12.3. The Morgan fingerprint density at radius 1 is 1.39 bits per heavy atom. The Labute approximate surface area is 108 Å². The number of nitrogens with one attached hydrogen (secondary N) is 1. The van der Waals surface area contributed by atoms with Gasteiger partial charge in [0.25, 0.3) is 0 Å². The number of carboxylic acid groups (broad SMARTS) is 1. The van der Waals surface area contributed by atoms with Crippen LogP contribution in [0.1, 0.15) is 35.7 Å². The van der Waals surface area contributed by atoms with Crippen LogP contribution < -0.4 is 5.32 Å². The maximum absolute atomic E-state index is 11.1. The highest BCUT2D eigenvalue weighted by atomic mass is 16.5. The third-order valence-corrected chi connectivity index (χ3v) is 2.62. The predicted molar refractivity (Wildman–Crippen MR) is 72.4 cm³/mol. The molecule has 0 aliphatic carbocycles. The lowest BCUT2D eigenvalue weighted by atomic mass is 10.1. The number of benzene rings is 1. The zero-order valence-electron chi connectivity index (χ0n) is 11.0. The standard InChI is InChI=1S/C14H21NO3/c1-3-9-18-10-5-8-15-13-11(2)6-4-7-12(13)14(16)17/h4,6-7,15H,3,5,8-10H2,1-2H3,(H,16,17). The van der Waals surface area contributed by atoms with E-state index in [1.807, 2.05) is 13.0 Å². The Kier molecular flexibility index (Phi) is 6.22. The van der Waals surface area contributed by atoms with E-state index in [4.69, 9.17) is 9.84 Å². The van der Waals surface area contributed by atoms with Crippen molar-refractivity contribution in [3.05, 3.63) is 29.3 Å². The molecule has 0 aliphatic heterocycles. The van der Waals surface area contributed by atoms with E-state index in [1.54, 1.807) is 12.1 Å². The molecule has 0 aromatic heterocycles. The zero-order chi connectivity index (χ0) is 13.4. The number of hydrogen-bond donors (Lipinski definition) is 2. The van der Waals surface area contributed by atoms with Crippen molar-refractivity contribution in [2.45, 2.75) is 26.7 Å².